The Morgan fingerprint density at radius 3 is 2.69 bits per heavy atom. The van der Waals surface area contributed by atoms with E-state index in [0.29, 0.717) is 38.2 Å². The van der Waals surface area contributed by atoms with E-state index in [0.717, 1.165) is 0 Å². The Kier molecular flexibility index (Phi) is 7.71. The predicted octanol–water partition coefficient (Wildman–Crippen LogP) is 4.61. The van der Waals surface area contributed by atoms with Crippen LogP contribution in [0.2, 0.25) is 0 Å². The quantitative estimate of drug-likeness (QED) is 0.176. The normalized spacial score (nSPS) is 11.6. The highest BCUT2D eigenvalue weighted by Gasteiger charge is 2.26. The third-order valence-electron chi connectivity index (χ3n) is 4.37. The van der Waals surface area contributed by atoms with Crippen molar-refractivity contribution in [2.24, 2.45) is 0 Å². The Balaban J connectivity index is 2.01. The van der Waals surface area contributed by atoms with Crippen molar-refractivity contribution in [2.75, 3.05) is 20.3 Å². The van der Waals surface area contributed by atoms with Crippen molar-refractivity contribution in [1.82, 2.24) is 14.8 Å². The molecule has 0 radical (unpaired) electrons. The molecule has 1 atom stereocenters. The van der Waals surface area contributed by atoms with E-state index in [4.69, 9.17) is 15.9 Å². The van der Waals surface area contributed by atoms with Crippen molar-refractivity contribution in [1.29, 1.82) is 0 Å². The van der Waals surface area contributed by atoms with Crippen molar-refractivity contribution in [2.45, 2.75) is 17.3 Å². The monoisotopic (exact) mass is 520 g/mol. The minimum absolute atomic E-state index is 0.0431. The number of aryl methyl sites for hydroxylation is 1. The first kappa shape index (κ1) is 23.6. The molecule has 0 spiro atoms. The lowest BCUT2D eigenvalue weighted by Gasteiger charge is -2.17. The lowest BCUT2D eigenvalue weighted by molar-refractivity contribution is -0.479. The zero-order chi connectivity index (χ0) is 23.3. The Morgan fingerprint density at radius 2 is 2.06 bits per heavy atom. The summed E-state index contributed by atoms with van der Waals surface area (Å²) < 4.78 is 26.6. The van der Waals surface area contributed by atoms with Gasteiger partial charge in [0.25, 0.3) is 0 Å². The van der Waals surface area contributed by atoms with Crippen LogP contribution in [-0.4, -0.2) is 39.9 Å². The van der Waals surface area contributed by atoms with Crippen molar-refractivity contribution < 1.29 is 18.8 Å². The van der Waals surface area contributed by atoms with E-state index in [2.05, 4.69) is 32.0 Å². The van der Waals surface area contributed by atoms with Gasteiger partial charge in [0.2, 0.25) is 6.54 Å². The number of aromatic nitrogens is 3. The molecule has 0 unspecified atom stereocenters. The Morgan fingerprint density at radius 1 is 1.34 bits per heavy atom. The number of benzene rings is 2. The van der Waals surface area contributed by atoms with Crippen molar-refractivity contribution in [3.05, 3.63) is 68.2 Å². The maximum absolute atomic E-state index is 13.4. The van der Waals surface area contributed by atoms with Gasteiger partial charge >= 0.3 is 0 Å². The van der Waals surface area contributed by atoms with E-state index in [9.17, 15) is 14.5 Å². The molecule has 0 amide bonds. The number of rotatable bonds is 9. The summed E-state index contributed by atoms with van der Waals surface area (Å²) in [7, 11) is 1.47. The molecule has 3 aromatic rings. The number of nitro groups is 1. The number of hydrogen-bond donors (Lipinski definition) is 0. The molecule has 1 aromatic heterocycles. The fraction of sp³-hybridized carbons (Fsp3) is 0.238. The Bertz CT molecular complexity index is 1160. The van der Waals surface area contributed by atoms with E-state index in [1.165, 1.54) is 31.0 Å². The number of halogens is 2. The van der Waals surface area contributed by atoms with Crippen molar-refractivity contribution >= 4 is 27.7 Å². The maximum Gasteiger partial charge on any atom is 0.220 e. The van der Waals surface area contributed by atoms with Gasteiger partial charge in [0.15, 0.2) is 16.7 Å². The molecule has 3 rings (SSSR count). The number of thioether (sulfide) groups is 1. The molecular formula is C21H18BrFN4O4S. The number of methoxy groups -OCH3 is 1. The summed E-state index contributed by atoms with van der Waals surface area (Å²) in [6, 6.07) is 9.23. The average molecular weight is 521 g/mol. The summed E-state index contributed by atoms with van der Waals surface area (Å²) in [5, 5.41) is 19.5. The Labute approximate surface area is 196 Å². The zero-order valence-corrected chi connectivity index (χ0v) is 19.5. The molecule has 0 aliphatic heterocycles. The average Bonchev–Trinajstić information content (AvgIpc) is 3.12. The van der Waals surface area contributed by atoms with E-state index < -0.39 is 10.2 Å². The fourth-order valence-corrected chi connectivity index (χ4v) is 4.69. The molecule has 0 bridgehead atoms. The third kappa shape index (κ3) is 5.38. The molecule has 0 N–H and O–H groups in total. The fourth-order valence-electron chi connectivity index (χ4n) is 2.96. The molecule has 0 saturated carbocycles. The molecule has 0 fully saturated rings. The summed E-state index contributed by atoms with van der Waals surface area (Å²) >= 11 is 4.60. The van der Waals surface area contributed by atoms with E-state index in [1.54, 1.807) is 35.8 Å². The van der Waals surface area contributed by atoms with Gasteiger partial charge in [0, 0.05) is 10.6 Å². The number of terminal acetylenes is 1. The van der Waals surface area contributed by atoms with E-state index in [-0.39, 0.29) is 19.0 Å². The Hall–Kier alpha value is -3.10. The van der Waals surface area contributed by atoms with Gasteiger partial charge in [-0.1, -0.05) is 17.7 Å². The van der Waals surface area contributed by atoms with Crippen LogP contribution in [0.25, 0.3) is 5.69 Å². The van der Waals surface area contributed by atoms with Crippen LogP contribution in [0.3, 0.4) is 0 Å². The van der Waals surface area contributed by atoms with Gasteiger partial charge in [-0.05, 0) is 64.8 Å². The second kappa shape index (κ2) is 10.5. The predicted molar refractivity (Wildman–Crippen MR) is 122 cm³/mol. The van der Waals surface area contributed by atoms with Crippen LogP contribution in [0.5, 0.6) is 11.5 Å². The molecule has 2 aromatic carbocycles. The zero-order valence-electron chi connectivity index (χ0n) is 17.1. The summed E-state index contributed by atoms with van der Waals surface area (Å²) in [6.07, 6.45) is 5.26. The highest BCUT2D eigenvalue weighted by Crippen LogP contribution is 2.43. The molecule has 8 nitrogen and oxygen atoms in total. The number of nitrogens with zero attached hydrogens (tertiary/aromatic N) is 4. The highest BCUT2D eigenvalue weighted by atomic mass is 79.9. The molecule has 1 heterocycles. The molecule has 32 heavy (non-hydrogen) atoms. The van der Waals surface area contributed by atoms with Crippen LogP contribution < -0.4 is 9.47 Å². The van der Waals surface area contributed by atoms with Gasteiger partial charge in [-0.15, -0.1) is 16.6 Å². The van der Waals surface area contributed by atoms with Gasteiger partial charge in [-0.2, -0.15) is 0 Å². The minimum Gasteiger partial charge on any atom is -0.493 e. The van der Waals surface area contributed by atoms with Crippen LogP contribution in [0.15, 0.2) is 46.0 Å². The summed E-state index contributed by atoms with van der Waals surface area (Å²) in [5.74, 6) is 3.37. The molecule has 11 heteroatoms. The van der Waals surface area contributed by atoms with Crippen LogP contribution in [0.1, 0.15) is 16.6 Å². The lowest BCUT2D eigenvalue weighted by atomic mass is 10.1. The first-order valence-electron chi connectivity index (χ1n) is 9.24. The summed E-state index contributed by atoms with van der Waals surface area (Å²) in [4.78, 5) is 11.0. The number of ether oxygens (including phenoxy) is 2. The smallest absolute Gasteiger partial charge is 0.220 e. The van der Waals surface area contributed by atoms with E-state index >= 15 is 0 Å². The maximum atomic E-state index is 13.4. The lowest BCUT2D eigenvalue weighted by Crippen LogP contribution is -2.12. The largest absolute Gasteiger partial charge is 0.493 e. The first-order chi connectivity index (χ1) is 15.3. The van der Waals surface area contributed by atoms with Gasteiger partial charge in [-0.3, -0.25) is 14.7 Å². The third-order valence-corrected chi connectivity index (χ3v) is 6.14. The second-order valence-electron chi connectivity index (χ2n) is 6.49. The van der Waals surface area contributed by atoms with Gasteiger partial charge in [0.05, 0.1) is 11.6 Å². The van der Waals surface area contributed by atoms with Gasteiger partial charge in [0.1, 0.15) is 23.5 Å². The first-order valence-corrected chi connectivity index (χ1v) is 10.9. The topological polar surface area (TPSA) is 92.3 Å². The summed E-state index contributed by atoms with van der Waals surface area (Å²) in [6.45, 7) is 1.42. The van der Waals surface area contributed by atoms with Crippen LogP contribution in [0.4, 0.5) is 4.39 Å². The summed E-state index contributed by atoms with van der Waals surface area (Å²) in [5.41, 5.74) is 1.27. The highest BCUT2D eigenvalue weighted by molar-refractivity contribution is 9.10. The second-order valence-corrected chi connectivity index (χ2v) is 8.51. The van der Waals surface area contributed by atoms with Gasteiger partial charge < -0.3 is 9.47 Å². The van der Waals surface area contributed by atoms with Gasteiger partial charge in [-0.25, -0.2) is 4.39 Å². The molecule has 0 aliphatic carbocycles. The minimum atomic E-state index is -0.625. The van der Waals surface area contributed by atoms with E-state index in [1.807, 2.05) is 0 Å². The standard InChI is InChI=1S/C21H18BrFN4O4S/c1-4-9-31-20-17(22)10-14(11-18(20)30-3)19(12-26(28)29)32-21-25-24-13(2)27(21)16-7-5-15(23)6-8-16/h1,5-8,10-11,19H,9,12H2,2-3H3/t19-/m1/s1. The number of hydrogen-bond acceptors (Lipinski definition) is 7. The molecule has 0 aliphatic rings. The van der Waals surface area contributed by atoms with Crippen LogP contribution in [0, 0.1) is 35.2 Å². The SMILES string of the molecule is C#CCOc1c(Br)cc([C@@H](C[N+](=O)[O-])Sc2nnc(C)n2-c2ccc(F)cc2)cc1OC. The van der Waals surface area contributed by atoms with Crippen molar-refractivity contribution in [3.8, 4) is 29.5 Å². The van der Waals surface area contributed by atoms with Crippen LogP contribution in [-0.2, 0) is 0 Å². The van der Waals surface area contributed by atoms with Crippen molar-refractivity contribution in [3.63, 3.8) is 0 Å². The van der Waals surface area contributed by atoms with Crippen LogP contribution >= 0.6 is 27.7 Å². The molecule has 0 saturated heterocycles. The molecular weight excluding hydrogens is 503 g/mol. The molecule has 166 valence electrons.